The average molecular weight is 308 g/mol. The van der Waals surface area contributed by atoms with Crippen molar-refractivity contribution < 1.29 is 13.9 Å². The Hall–Kier alpha value is -1.62. The molecule has 1 atom stereocenters. The third-order valence-electron chi connectivity index (χ3n) is 3.97. The van der Waals surface area contributed by atoms with Crippen LogP contribution in [0.15, 0.2) is 24.3 Å². The van der Waals surface area contributed by atoms with Crippen LogP contribution in [0.1, 0.15) is 31.7 Å². The van der Waals surface area contributed by atoms with Crippen LogP contribution < -0.4 is 5.32 Å². The molecule has 1 saturated heterocycles. The Morgan fingerprint density at radius 1 is 1.36 bits per heavy atom. The van der Waals surface area contributed by atoms with Gasteiger partial charge in [-0.3, -0.25) is 0 Å². The van der Waals surface area contributed by atoms with E-state index in [9.17, 15) is 9.18 Å². The maximum absolute atomic E-state index is 12.8. The van der Waals surface area contributed by atoms with Gasteiger partial charge in [0, 0.05) is 26.2 Å². The van der Waals surface area contributed by atoms with Gasteiger partial charge in [-0.1, -0.05) is 12.1 Å². The topological polar surface area (TPSA) is 41.6 Å². The number of hydrogen-bond donors (Lipinski definition) is 1. The second-order valence-corrected chi connectivity index (χ2v) is 5.64. The van der Waals surface area contributed by atoms with Gasteiger partial charge in [-0.05, 0) is 50.3 Å². The summed E-state index contributed by atoms with van der Waals surface area (Å²) in [6, 6.07) is 6.31. The fraction of sp³-hybridized carbons (Fsp3) is 0.588. The zero-order chi connectivity index (χ0) is 15.8. The van der Waals surface area contributed by atoms with E-state index in [-0.39, 0.29) is 18.0 Å². The predicted octanol–water partition coefficient (Wildman–Crippen LogP) is 2.97. The molecule has 1 aliphatic heterocycles. The summed E-state index contributed by atoms with van der Waals surface area (Å²) in [4.78, 5) is 14.0. The SMILES string of the molecule is CCN(C[C@H]1CCCCO1)C(=O)NCCc1ccc(F)cc1. The molecule has 0 bridgehead atoms. The molecule has 1 fully saturated rings. The van der Waals surface area contributed by atoms with Gasteiger partial charge in [0.2, 0.25) is 0 Å². The summed E-state index contributed by atoms with van der Waals surface area (Å²) in [5.74, 6) is -0.238. The molecule has 1 heterocycles. The van der Waals surface area contributed by atoms with Crippen LogP contribution in [0.2, 0.25) is 0 Å². The zero-order valence-corrected chi connectivity index (χ0v) is 13.2. The highest BCUT2D eigenvalue weighted by Crippen LogP contribution is 2.13. The maximum Gasteiger partial charge on any atom is 0.317 e. The summed E-state index contributed by atoms with van der Waals surface area (Å²) in [5.41, 5.74) is 1.01. The van der Waals surface area contributed by atoms with E-state index in [0.717, 1.165) is 25.0 Å². The number of ether oxygens (including phenoxy) is 1. The number of nitrogens with one attached hydrogen (secondary N) is 1. The molecule has 2 amide bonds. The number of hydrogen-bond acceptors (Lipinski definition) is 2. The summed E-state index contributed by atoms with van der Waals surface area (Å²) in [6.45, 7) is 4.64. The number of nitrogens with zero attached hydrogens (tertiary/aromatic N) is 1. The molecule has 1 aromatic carbocycles. The Balaban J connectivity index is 1.72. The van der Waals surface area contributed by atoms with Gasteiger partial charge in [0.15, 0.2) is 0 Å². The van der Waals surface area contributed by atoms with E-state index in [1.807, 2.05) is 6.92 Å². The average Bonchev–Trinajstić information content (AvgIpc) is 2.55. The van der Waals surface area contributed by atoms with Crippen molar-refractivity contribution in [3.05, 3.63) is 35.6 Å². The lowest BCUT2D eigenvalue weighted by atomic mass is 10.1. The van der Waals surface area contributed by atoms with Crippen molar-refractivity contribution in [2.24, 2.45) is 0 Å². The van der Waals surface area contributed by atoms with Gasteiger partial charge in [0.25, 0.3) is 0 Å². The minimum Gasteiger partial charge on any atom is -0.376 e. The lowest BCUT2D eigenvalue weighted by molar-refractivity contribution is 0.00136. The van der Waals surface area contributed by atoms with Crippen LogP contribution in [0, 0.1) is 5.82 Å². The van der Waals surface area contributed by atoms with Crippen LogP contribution >= 0.6 is 0 Å². The molecule has 5 heteroatoms. The monoisotopic (exact) mass is 308 g/mol. The molecular weight excluding hydrogens is 283 g/mol. The van der Waals surface area contributed by atoms with E-state index < -0.39 is 0 Å². The molecule has 122 valence electrons. The fourth-order valence-electron chi connectivity index (χ4n) is 2.63. The largest absolute Gasteiger partial charge is 0.376 e. The van der Waals surface area contributed by atoms with Crippen molar-refractivity contribution in [3.8, 4) is 0 Å². The number of urea groups is 1. The first-order valence-corrected chi connectivity index (χ1v) is 8.08. The van der Waals surface area contributed by atoms with Gasteiger partial charge in [0.05, 0.1) is 6.10 Å². The first kappa shape index (κ1) is 16.7. The normalized spacial score (nSPS) is 18.0. The second-order valence-electron chi connectivity index (χ2n) is 5.64. The van der Waals surface area contributed by atoms with Gasteiger partial charge < -0.3 is 15.0 Å². The molecule has 1 aliphatic rings. The van der Waals surface area contributed by atoms with Crippen LogP contribution in [0.4, 0.5) is 9.18 Å². The first-order valence-electron chi connectivity index (χ1n) is 8.08. The number of amides is 2. The van der Waals surface area contributed by atoms with Gasteiger partial charge >= 0.3 is 6.03 Å². The smallest absolute Gasteiger partial charge is 0.317 e. The van der Waals surface area contributed by atoms with E-state index in [0.29, 0.717) is 26.1 Å². The molecule has 0 aromatic heterocycles. The lowest BCUT2D eigenvalue weighted by Crippen LogP contribution is -2.45. The number of rotatable bonds is 6. The Morgan fingerprint density at radius 2 is 2.14 bits per heavy atom. The minimum atomic E-state index is -0.238. The number of halogens is 1. The van der Waals surface area contributed by atoms with Gasteiger partial charge in [-0.25, -0.2) is 9.18 Å². The highest BCUT2D eigenvalue weighted by atomic mass is 19.1. The predicted molar refractivity (Wildman–Crippen MR) is 84.3 cm³/mol. The van der Waals surface area contributed by atoms with Crippen molar-refractivity contribution in [1.82, 2.24) is 10.2 Å². The Morgan fingerprint density at radius 3 is 2.77 bits per heavy atom. The van der Waals surface area contributed by atoms with E-state index in [4.69, 9.17) is 4.74 Å². The molecular formula is C17H25FN2O2. The number of likely N-dealkylation sites (N-methyl/N-ethyl adjacent to an activating group) is 1. The van der Waals surface area contributed by atoms with Crippen molar-refractivity contribution in [2.75, 3.05) is 26.2 Å². The number of carbonyl (C=O) groups is 1. The third kappa shape index (κ3) is 5.30. The van der Waals surface area contributed by atoms with Crippen LogP contribution in [0.25, 0.3) is 0 Å². The van der Waals surface area contributed by atoms with E-state index in [1.54, 1.807) is 17.0 Å². The Kier molecular flexibility index (Phi) is 6.65. The zero-order valence-electron chi connectivity index (χ0n) is 13.2. The third-order valence-corrected chi connectivity index (χ3v) is 3.97. The second kappa shape index (κ2) is 8.73. The van der Waals surface area contributed by atoms with E-state index >= 15 is 0 Å². The summed E-state index contributed by atoms with van der Waals surface area (Å²) < 4.78 is 18.5. The van der Waals surface area contributed by atoms with Crippen LogP contribution in [-0.4, -0.2) is 43.3 Å². The minimum absolute atomic E-state index is 0.0567. The standard InChI is InChI=1S/C17H25FN2O2/c1-2-20(13-16-5-3-4-12-22-16)17(21)19-11-10-14-6-8-15(18)9-7-14/h6-9,16H,2-5,10-13H2,1H3,(H,19,21)/t16-/m1/s1. The summed E-state index contributed by atoms with van der Waals surface area (Å²) in [5, 5.41) is 2.92. The van der Waals surface area contributed by atoms with Crippen molar-refractivity contribution in [1.29, 1.82) is 0 Å². The Labute approximate surface area is 131 Å². The van der Waals surface area contributed by atoms with Gasteiger partial charge in [-0.2, -0.15) is 0 Å². The number of carbonyl (C=O) groups excluding carboxylic acids is 1. The molecule has 1 aromatic rings. The van der Waals surface area contributed by atoms with E-state index in [1.165, 1.54) is 18.6 Å². The molecule has 4 nitrogen and oxygen atoms in total. The Bertz CT molecular complexity index is 458. The van der Waals surface area contributed by atoms with Gasteiger partial charge in [0.1, 0.15) is 5.82 Å². The molecule has 0 radical (unpaired) electrons. The van der Waals surface area contributed by atoms with Crippen molar-refractivity contribution in [3.63, 3.8) is 0 Å². The van der Waals surface area contributed by atoms with Gasteiger partial charge in [-0.15, -0.1) is 0 Å². The highest BCUT2D eigenvalue weighted by molar-refractivity contribution is 5.74. The molecule has 0 saturated carbocycles. The van der Waals surface area contributed by atoms with Crippen LogP contribution in [-0.2, 0) is 11.2 Å². The lowest BCUT2D eigenvalue weighted by Gasteiger charge is -2.29. The van der Waals surface area contributed by atoms with E-state index in [2.05, 4.69) is 5.32 Å². The molecule has 0 unspecified atom stereocenters. The molecule has 0 spiro atoms. The fourth-order valence-corrected chi connectivity index (χ4v) is 2.63. The number of benzene rings is 1. The summed E-state index contributed by atoms with van der Waals surface area (Å²) in [7, 11) is 0. The summed E-state index contributed by atoms with van der Waals surface area (Å²) in [6.07, 6.45) is 4.18. The molecule has 2 rings (SSSR count). The quantitative estimate of drug-likeness (QED) is 0.878. The maximum atomic E-state index is 12.8. The van der Waals surface area contributed by atoms with Crippen molar-refractivity contribution >= 4 is 6.03 Å². The first-order chi connectivity index (χ1) is 10.7. The molecule has 1 N–H and O–H groups in total. The molecule has 0 aliphatic carbocycles. The summed E-state index contributed by atoms with van der Waals surface area (Å²) >= 11 is 0. The van der Waals surface area contributed by atoms with Crippen LogP contribution in [0.5, 0.6) is 0 Å². The van der Waals surface area contributed by atoms with Crippen molar-refractivity contribution in [2.45, 2.75) is 38.7 Å². The highest BCUT2D eigenvalue weighted by Gasteiger charge is 2.20. The molecule has 22 heavy (non-hydrogen) atoms. The van der Waals surface area contributed by atoms with Crippen LogP contribution in [0.3, 0.4) is 0 Å².